The first kappa shape index (κ1) is 21.6. The number of hydrogen-bond donors (Lipinski definition) is 1. The van der Waals surface area contributed by atoms with Crippen LogP contribution in [0.5, 0.6) is 0 Å². The van der Waals surface area contributed by atoms with Crippen LogP contribution in [0.1, 0.15) is 18.4 Å². The molecule has 162 valence electrons. The van der Waals surface area contributed by atoms with Gasteiger partial charge in [0.05, 0.1) is 16.5 Å². The second-order valence-electron chi connectivity index (χ2n) is 7.55. The van der Waals surface area contributed by atoms with Gasteiger partial charge in [0.2, 0.25) is 15.9 Å². The minimum atomic E-state index is -3.78. The second kappa shape index (κ2) is 8.86. The Morgan fingerprint density at radius 2 is 1.87 bits per heavy atom. The number of halogens is 1. The van der Waals surface area contributed by atoms with E-state index in [9.17, 15) is 17.6 Å². The minimum absolute atomic E-state index is 0.0256. The molecule has 4 rings (SSSR count). The summed E-state index contributed by atoms with van der Waals surface area (Å²) < 4.78 is 40.2. The molecule has 6 nitrogen and oxygen atoms in total. The summed E-state index contributed by atoms with van der Waals surface area (Å²) in [5, 5.41) is 5.20. The summed E-state index contributed by atoms with van der Waals surface area (Å²) >= 11 is 1.34. The molecule has 9 heteroatoms. The fourth-order valence-electron chi connectivity index (χ4n) is 3.53. The molecule has 2 aromatic carbocycles. The van der Waals surface area contributed by atoms with E-state index in [-0.39, 0.29) is 17.3 Å². The first-order valence-electron chi connectivity index (χ1n) is 9.92. The summed E-state index contributed by atoms with van der Waals surface area (Å²) in [6.07, 6.45) is 1.17. The smallest absolute Gasteiger partial charge is 0.243 e. The van der Waals surface area contributed by atoms with Gasteiger partial charge in [0.15, 0.2) is 5.13 Å². The van der Waals surface area contributed by atoms with Gasteiger partial charge in [-0.25, -0.2) is 17.8 Å². The van der Waals surface area contributed by atoms with Crippen molar-refractivity contribution in [2.75, 3.05) is 18.4 Å². The Kier molecular flexibility index (Phi) is 6.17. The second-order valence-corrected chi connectivity index (χ2v) is 10.3. The molecule has 0 saturated carbocycles. The predicted octanol–water partition coefficient (Wildman–Crippen LogP) is 4.30. The molecule has 1 N–H and O–H groups in total. The molecule has 1 aromatic heterocycles. The normalized spacial score (nSPS) is 17.4. The standard InChI is InChI=1S/C22H22FN3O3S2/c1-15-4-6-16(7-5-15)20-14-30-22(24-20)25-21(27)17-3-2-12-26(13-17)31(28,29)19-10-8-18(23)9-11-19/h4-11,14,17H,2-3,12-13H2,1H3,(H,24,25,27). The van der Waals surface area contributed by atoms with Crippen molar-refractivity contribution in [3.8, 4) is 11.3 Å². The molecular formula is C22H22FN3O3S2. The molecule has 1 aliphatic heterocycles. The van der Waals surface area contributed by atoms with E-state index in [2.05, 4.69) is 10.3 Å². The van der Waals surface area contributed by atoms with Crippen molar-refractivity contribution < 1.29 is 17.6 Å². The first-order chi connectivity index (χ1) is 14.8. The molecular weight excluding hydrogens is 437 g/mol. The zero-order valence-electron chi connectivity index (χ0n) is 16.9. The van der Waals surface area contributed by atoms with E-state index < -0.39 is 21.8 Å². The summed E-state index contributed by atoms with van der Waals surface area (Å²) in [5.74, 6) is -1.22. The number of hydrogen-bond acceptors (Lipinski definition) is 5. The number of carbonyl (C=O) groups excluding carboxylic acids is 1. The fourth-order valence-corrected chi connectivity index (χ4v) is 5.77. The average molecular weight is 460 g/mol. The topological polar surface area (TPSA) is 79.4 Å². The van der Waals surface area contributed by atoms with Gasteiger partial charge < -0.3 is 5.32 Å². The van der Waals surface area contributed by atoms with E-state index in [0.29, 0.717) is 24.5 Å². The summed E-state index contributed by atoms with van der Waals surface area (Å²) in [4.78, 5) is 17.3. The molecule has 1 aliphatic rings. The highest BCUT2D eigenvalue weighted by Gasteiger charge is 2.33. The Bertz CT molecular complexity index is 1180. The molecule has 1 amide bonds. The third kappa shape index (κ3) is 4.84. The van der Waals surface area contributed by atoms with Crippen LogP contribution < -0.4 is 5.32 Å². The molecule has 1 saturated heterocycles. The summed E-state index contributed by atoms with van der Waals surface area (Å²) in [6.45, 7) is 2.43. The number of rotatable bonds is 5. The highest BCUT2D eigenvalue weighted by Crippen LogP contribution is 2.28. The van der Waals surface area contributed by atoms with Crippen LogP contribution in [0.2, 0.25) is 0 Å². The summed E-state index contributed by atoms with van der Waals surface area (Å²) in [7, 11) is -3.78. The number of thiazole rings is 1. The van der Waals surface area contributed by atoms with Gasteiger partial charge in [0, 0.05) is 24.0 Å². The zero-order chi connectivity index (χ0) is 22.0. The number of carbonyl (C=O) groups is 1. The lowest BCUT2D eigenvalue weighted by Crippen LogP contribution is -2.43. The van der Waals surface area contributed by atoms with Crippen LogP contribution in [0.15, 0.2) is 58.8 Å². The average Bonchev–Trinajstić information content (AvgIpc) is 3.23. The Balaban J connectivity index is 1.43. The van der Waals surface area contributed by atoms with Crippen molar-refractivity contribution in [3.63, 3.8) is 0 Å². The number of piperidine rings is 1. The maximum absolute atomic E-state index is 13.2. The number of nitrogens with zero attached hydrogens (tertiary/aromatic N) is 2. The van der Waals surface area contributed by atoms with Crippen LogP contribution in [-0.4, -0.2) is 36.7 Å². The highest BCUT2D eigenvalue weighted by atomic mass is 32.2. The molecule has 0 radical (unpaired) electrons. The van der Waals surface area contributed by atoms with Crippen molar-refractivity contribution in [2.45, 2.75) is 24.7 Å². The zero-order valence-corrected chi connectivity index (χ0v) is 18.5. The number of aromatic nitrogens is 1. The van der Waals surface area contributed by atoms with Gasteiger partial charge in [0.25, 0.3) is 0 Å². The Labute approximate surface area is 184 Å². The van der Waals surface area contributed by atoms with E-state index >= 15 is 0 Å². The number of benzene rings is 2. The number of anilines is 1. The van der Waals surface area contributed by atoms with Gasteiger partial charge in [-0.3, -0.25) is 4.79 Å². The van der Waals surface area contributed by atoms with Crippen LogP contribution in [0.3, 0.4) is 0 Å². The van der Waals surface area contributed by atoms with Gasteiger partial charge in [-0.2, -0.15) is 4.31 Å². The molecule has 1 fully saturated rings. The number of nitrogens with one attached hydrogen (secondary N) is 1. The van der Waals surface area contributed by atoms with Crippen molar-refractivity contribution in [1.29, 1.82) is 0 Å². The SMILES string of the molecule is Cc1ccc(-c2csc(NC(=O)C3CCCN(S(=O)(=O)c4ccc(F)cc4)C3)n2)cc1. The minimum Gasteiger partial charge on any atom is -0.302 e. The van der Waals surface area contributed by atoms with Gasteiger partial charge in [-0.1, -0.05) is 29.8 Å². The lowest BCUT2D eigenvalue weighted by Gasteiger charge is -2.31. The predicted molar refractivity (Wildman–Crippen MR) is 119 cm³/mol. The number of sulfonamides is 1. The van der Waals surface area contributed by atoms with Crippen LogP contribution >= 0.6 is 11.3 Å². The summed E-state index contributed by atoms with van der Waals surface area (Å²) in [5.41, 5.74) is 2.91. The third-order valence-electron chi connectivity index (χ3n) is 5.29. The number of amides is 1. The van der Waals surface area contributed by atoms with E-state index in [1.54, 1.807) is 0 Å². The highest BCUT2D eigenvalue weighted by molar-refractivity contribution is 7.89. The fraction of sp³-hybridized carbons (Fsp3) is 0.273. The molecule has 0 bridgehead atoms. The monoisotopic (exact) mass is 459 g/mol. The molecule has 0 spiro atoms. The van der Waals surface area contributed by atoms with Gasteiger partial charge >= 0.3 is 0 Å². The van der Waals surface area contributed by atoms with Crippen molar-refractivity contribution in [3.05, 3.63) is 65.3 Å². The quantitative estimate of drug-likeness (QED) is 0.617. The van der Waals surface area contributed by atoms with Crippen molar-refractivity contribution in [1.82, 2.24) is 9.29 Å². The molecule has 1 unspecified atom stereocenters. The largest absolute Gasteiger partial charge is 0.302 e. The van der Waals surface area contributed by atoms with Crippen molar-refractivity contribution >= 4 is 32.4 Å². The molecule has 2 heterocycles. The lowest BCUT2D eigenvalue weighted by molar-refractivity contribution is -0.120. The van der Waals surface area contributed by atoms with E-state index in [4.69, 9.17) is 0 Å². The first-order valence-corrected chi connectivity index (χ1v) is 12.2. The van der Waals surface area contributed by atoms with Crippen molar-refractivity contribution in [2.24, 2.45) is 5.92 Å². The number of aryl methyl sites for hydroxylation is 1. The van der Waals surface area contributed by atoms with Crippen LogP contribution in [0.4, 0.5) is 9.52 Å². The molecule has 31 heavy (non-hydrogen) atoms. The molecule has 3 aromatic rings. The summed E-state index contributed by atoms with van der Waals surface area (Å²) in [6, 6.07) is 12.7. The van der Waals surface area contributed by atoms with Gasteiger partial charge in [-0.15, -0.1) is 11.3 Å². The van der Waals surface area contributed by atoms with Crippen LogP contribution in [-0.2, 0) is 14.8 Å². The van der Waals surface area contributed by atoms with Crippen LogP contribution in [0, 0.1) is 18.7 Å². The molecule has 0 aliphatic carbocycles. The maximum atomic E-state index is 13.2. The maximum Gasteiger partial charge on any atom is 0.243 e. The Morgan fingerprint density at radius 1 is 1.16 bits per heavy atom. The van der Waals surface area contributed by atoms with Gasteiger partial charge in [0.1, 0.15) is 5.82 Å². The Morgan fingerprint density at radius 3 is 2.58 bits per heavy atom. The van der Waals surface area contributed by atoms with E-state index in [1.807, 2.05) is 36.6 Å². The molecule has 1 atom stereocenters. The third-order valence-corrected chi connectivity index (χ3v) is 7.93. The van der Waals surface area contributed by atoms with Gasteiger partial charge in [-0.05, 0) is 44.0 Å². The lowest BCUT2D eigenvalue weighted by atomic mass is 9.99. The van der Waals surface area contributed by atoms with E-state index in [0.717, 1.165) is 29.0 Å². The van der Waals surface area contributed by atoms with E-state index in [1.165, 1.54) is 27.8 Å². The van der Waals surface area contributed by atoms with Crippen LogP contribution in [0.25, 0.3) is 11.3 Å². The Hall–Kier alpha value is -2.62.